The molecule has 0 aromatic carbocycles. The molecule has 2 saturated heterocycles. The van der Waals surface area contributed by atoms with Crippen LogP contribution in [0.1, 0.15) is 52.9 Å². The van der Waals surface area contributed by atoms with E-state index in [2.05, 4.69) is 16.0 Å². The lowest BCUT2D eigenvalue weighted by atomic mass is 9.96. The van der Waals surface area contributed by atoms with Crippen molar-refractivity contribution in [3.63, 3.8) is 0 Å². The van der Waals surface area contributed by atoms with Crippen molar-refractivity contribution in [3.05, 3.63) is 0 Å². The van der Waals surface area contributed by atoms with Crippen molar-refractivity contribution >= 4 is 23.7 Å². The maximum absolute atomic E-state index is 13.1. The van der Waals surface area contributed by atoms with E-state index in [0.717, 1.165) is 13.0 Å². The fraction of sp³-hybridized carbons (Fsp3) is 0.800. The van der Waals surface area contributed by atoms with Gasteiger partial charge >= 0.3 is 5.97 Å². The lowest BCUT2D eigenvalue weighted by molar-refractivity contribution is -0.150. The van der Waals surface area contributed by atoms with E-state index in [1.807, 2.05) is 6.92 Å². The number of hydrogen-bond donors (Lipinski definition) is 5. The molecule has 0 bridgehead atoms. The van der Waals surface area contributed by atoms with E-state index in [0.29, 0.717) is 32.2 Å². The summed E-state index contributed by atoms with van der Waals surface area (Å²) in [6.07, 6.45) is 1.89. The van der Waals surface area contributed by atoms with Gasteiger partial charge in [-0.05, 0) is 45.1 Å². The first kappa shape index (κ1) is 24.1. The van der Waals surface area contributed by atoms with Crippen molar-refractivity contribution < 1.29 is 29.4 Å². The van der Waals surface area contributed by atoms with Crippen LogP contribution in [0.2, 0.25) is 0 Å². The molecule has 10 heteroatoms. The van der Waals surface area contributed by atoms with Crippen LogP contribution in [-0.2, 0) is 19.2 Å². The van der Waals surface area contributed by atoms with Crippen LogP contribution in [0, 0.1) is 5.92 Å². The number of aliphatic carboxylic acids is 1. The van der Waals surface area contributed by atoms with E-state index >= 15 is 0 Å². The molecule has 30 heavy (non-hydrogen) atoms. The summed E-state index contributed by atoms with van der Waals surface area (Å²) in [5.74, 6) is -2.80. The number of likely N-dealkylation sites (tertiary alicyclic amines) is 1. The Hall–Kier alpha value is -2.20. The smallest absolute Gasteiger partial charge is 0.326 e. The average Bonchev–Trinajstić information content (AvgIpc) is 3.40. The fourth-order valence-electron chi connectivity index (χ4n) is 3.96. The van der Waals surface area contributed by atoms with Crippen molar-refractivity contribution in [2.24, 2.45) is 5.92 Å². The van der Waals surface area contributed by atoms with E-state index < -0.39 is 48.1 Å². The van der Waals surface area contributed by atoms with Crippen LogP contribution < -0.4 is 16.0 Å². The third-order valence-electron chi connectivity index (χ3n) is 6.04. The Balaban J connectivity index is 2.12. The molecule has 2 rings (SSSR count). The largest absolute Gasteiger partial charge is 0.480 e. The Bertz CT molecular complexity index is 649. The van der Waals surface area contributed by atoms with Crippen LogP contribution in [0.4, 0.5) is 0 Å². The Morgan fingerprint density at radius 1 is 1.10 bits per heavy atom. The van der Waals surface area contributed by atoms with E-state index in [1.165, 1.54) is 11.8 Å². The molecule has 0 aliphatic carbocycles. The number of hydrogen-bond acceptors (Lipinski definition) is 6. The highest BCUT2D eigenvalue weighted by Gasteiger charge is 2.40. The molecule has 2 aliphatic rings. The van der Waals surface area contributed by atoms with Crippen LogP contribution in [-0.4, -0.2) is 82.2 Å². The number of carbonyl (C=O) groups is 4. The van der Waals surface area contributed by atoms with Gasteiger partial charge in [-0.25, -0.2) is 4.79 Å². The van der Waals surface area contributed by atoms with Gasteiger partial charge in [-0.3, -0.25) is 14.4 Å². The third kappa shape index (κ3) is 5.69. The van der Waals surface area contributed by atoms with E-state index in [9.17, 15) is 29.4 Å². The van der Waals surface area contributed by atoms with Gasteiger partial charge in [0.1, 0.15) is 18.1 Å². The van der Waals surface area contributed by atoms with Crippen molar-refractivity contribution in [2.75, 3.05) is 13.1 Å². The highest BCUT2D eigenvalue weighted by Crippen LogP contribution is 2.21. The predicted octanol–water partition coefficient (Wildman–Crippen LogP) is -0.789. The maximum atomic E-state index is 13.1. The summed E-state index contributed by atoms with van der Waals surface area (Å²) in [7, 11) is 0. The summed E-state index contributed by atoms with van der Waals surface area (Å²) >= 11 is 0. The number of nitrogens with one attached hydrogen (secondary N) is 3. The van der Waals surface area contributed by atoms with Crippen molar-refractivity contribution in [2.45, 2.75) is 83.1 Å². The Labute approximate surface area is 176 Å². The van der Waals surface area contributed by atoms with Gasteiger partial charge in [-0.15, -0.1) is 0 Å². The van der Waals surface area contributed by atoms with Gasteiger partial charge < -0.3 is 31.1 Å². The zero-order valence-corrected chi connectivity index (χ0v) is 17.9. The minimum Gasteiger partial charge on any atom is -0.480 e. The summed E-state index contributed by atoms with van der Waals surface area (Å²) in [6, 6.07) is -3.47. The molecule has 6 atom stereocenters. The molecule has 0 spiro atoms. The zero-order valence-electron chi connectivity index (χ0n) is 17.9. The normalized spacial score (nSPS) is 25.3. The molecular weight excluding hydrogens is 392 g/mol. The van der Waals surface area contributed by atoms with Gasteiger partial charge in [0, 0.05) is 6.54 Å². The monoisotopic (exact) mass is 426 g/mol. The first-order chi connectivity index (χ1) is 14.2. The van der Waals surface area contributed by atoms with E-state index in [1.54, 1.807) is 6.92 Å². The number of carboxylic acid groups (broad SMARTS) is 1. The molecule has 2 heterocycles. The topological polar surface area (TPSA) is 148 Å². The SMILES string of the molecule is CCC(C)C(NC(=O)C(NC(=O)C1CCCN1)C(C)O)C(=O)N1CCCC1C(=O)O. The standard InChI is InChI=1S/C20H34N4O6/c1-4-11(2)15(19(28)24-10-6-8-14(24)20(29)30)22-18(27)16(12(3)25)23-17(26)13-7-5-9-21-13/h11-16,21,25H,4-10H2,1-3H3,(H,22,27)(H,23,26)(H,29,30). The quantitative estimate of drug-likeness (QED) is 0.324. The van der Waals surface area contributed by atoms with Crippen molar-refractivity contribution in [3.8, 4) is 0 Å². The third-order valence-corrected chi connectivity index (χ3v) is 6.04. The van der Waals surface area contributed by atoms with Crippen molar-refractivity contribution in [1.82, 2.24) is 20.9 Å². The highest BCUT2D eigenvalue weighted by molar-refractivity contribution is 5.94. The van der Waals surface area contributed by atoms with Gasteiger partial charge in [0.05, 0.1) is 12.1 Å². The summed E-state index contributed by atoms with van der Waals surface area (Å²) < 4.78 is 0. The molecule has 0 aromatic rings. The van der Waals surface area contributed by atoms with Crippen LogP contribution in [0.25, 0.3) is 0 Å². The predicted molar refractivity (Wildman–Crippen MR) is 108 cm³/mol. The highest BCUT2D eigenvalue weighted by atomic mass is 16.4. The first-order valence-corrected chi connectivity index (χ1v) is 10.7. The molecule has 0 saturated carbocycles. The fourth-order valence-corrected chi connectivity index (χ4v) is 3.96. The Kier molecular flexibility index (Phi) is 8.60. The first-order valence-electron chi connectivity index (χ1n) is 10.7. The summed E-state index contributed by atoms with van der Waals surface area (Å²) in [5, 5.41) is 27.7. The molecule has 0 aromatic heterocycles. The Morgan fingerprint density at radius 2 is 1.80 bits per heavy atom. The number of carbonyl (C=O) groups excluding carboxylic acids is 3. The average molecular weight is 427 g/mol. The molecule has 2 aliphatic heterocycles. The summed E-state index contributed by atoms with van der Waals surface area (Å²) in [5.41, 5.74) is 0. The van der Waals surface area contributed by atoms with Gasteiger partial charge in [0.25, 0.3) is 0 Å². The second-order valence-corrected chi connectivity index (χ2v) is 8.28. The lowest BCUT2D eigenvalue weighted by Gasteiger charge is -2.32. The summed E-state index contributed by atoms with van der Waals surface area (Å²) in [4.78, 5) is 51.2. The minimum absolute atomic E-state index is 0.252. The molecule has 0 radical (unpaired) electrons. The van der Waals surface area contributed by atoms with Gasteiger partial charge in [0.15, 0.2) is 0 Å². The second-order valence-electron chi connectivity index (χ2n) is 8.28. The van der Waals surface area contributed by atoms with Crippen LogP contribution in [0.15, 0.2) is 0 Å². The van der Waals surface area contributed by atoms with Crippen LogP contribution >= 0.6 is 0 Å². The van der Waals surface area contributed by atoms with Gasteiger partial charge in [-0.1, -0.05) is 20.3 Å². The van der Waals surface area contributed by atoms with E-state index in [4.69, 9.17) is 0 Å². The molecule has 170 valence electrons. The zero-order chi connectivity index (χ0) is 22.4. The second kappa shape index (κ2) is 10.7. The molecule has 2 fully saturated rings. The lowest BCUT2D eigenvalue weighted by Crippen LogP contribution is -2.60. The molecule has 3 amide bonds. The van der Waals surface area contributed by atoms with Gasteiger partial charge in [0.2, 0.25) is 17.7 Å². The number of nitrogens with zero attached hydrogens (tertiary/aromatic N) is 1. The van der Waals surface area contributed by atoms with E-state index in [-0.39, 0.29) is 11.8 Å². The molecule has 10 nitrogen and oxygen atoms in total. The number of aliphatic hydroxyl groups excluding tert-OH is 1. The van der Waals surface area contributed by atoms with Crippen LogP contribution in [0.3, 0.4) is 0 Å². The van der Waals surface area contributed by atoms with Gasteiger partial charge in [-0.2, -0.15) is 0 Å². The number of amides is 3. The number of carboxylic acids is 1. The number of rotatable bonds is 9. The molecule has 6 unspecified atom stereocenters. The maximum Gasteiger partial charge on any atom is 0.326 e. The summed E-state index contributed by atoms with van der Waals surface area (Å²) in [6.45, 7) is 6.10. The number of aliphatic hydroxyl groups is 1. The van der Waals surface area contributed by atoms with Crippen molar-refractivity contribution in [1.29, 1.82) is 0 Å². The van der Waals surface area contributed by atoms with Crippen LogP contribution in [0.5, 0.6) is 0 Å². The minimum atomic E-state index is -1.21. The Morgan fingerprint density at radius 3 is 2.33 bits per heavy atom. The molecule has 5 N–H and O–H groups in total. The molecular formula is C20H34N4O6.